The normalized spacial score (nSPS) is 21.0. The summed E-state index contributed by atoms with van der Waals surface area (Å²) in [5, 5.41) is 2.74. The Morgan fingerprint density at radius 2 is 1.28 bits per heavy atom. The second-order valence-corrected chi connectivity index (χ2v) is 24.3. The summed E-state index contributed by atoms with van der Waals surface area (Å²) in [4.78, 5) is 5.84. The zero-order chi connectivity index (χ0) is 44.7. The summed E-state index contributed by atoms with van der Waals surface area (Å²) < 4.78 is 2.70. The standard InChI is InChI=1S/C61H59BN2S/c1-57(2,3)37-26-27-47(41(32-37)36-20-12-11-13-21-36)64-48-28-29-50-52(40-23-15-17-25-49(40)65-50)51(48)43-35-42-39-22-14-16-24-44(39)59(7,8)53(42)56-54(43)62(64)46-34-38(58(4,5)6)33-45-55(46)63(56)61(10)31-19-18-30-60(45,61)9/h11-17,20-29,32-35H,18-19,30-31H2,1-10H3. The van der Waals surface area contributed by atoms with Crippen LogP contribution in [-0.4, -0.2) is 12.4 Å². The highest BCUT2D eigenvalue weighted by atomic mass is 32.1. The molecule has 0 amide bonds. The predicted molar refractivity (Wildman–Crippen MR) is 282 cm³/mol. The Kier molecular flexibility index (Phi) is 7.86. The van der Waals surface area contributed by atoms with E-state index in [2.05, 4.69) is 206 Å². The second kappa shape index (κ2) is 12.9. The highest BCUT2D eigenvalue weighted by molar-refractivity contribution is 7.26. The highest BCUT2D eigenvalue weighted by Crippen LogP contribution is 2.66. The van der Waals surface area contributed by atoms with Crippen LogP contribution in [-0.2, 0) is 21.7 Å². The van der Waals surface area contributed by atoms with E-state index < -0.39 is 0 Å². The summed E-state index contributed by atoms with van der Waals surface area (Å²) >= 11 is 1.94. The van der Waals surface area contributed by atoms with E-state index in [0.29, 0.717) is 0 Å². The van der Waals surface area contributed by atoms with E-state index >= 15 is 0 Å². The van der Waals surface area contributed by atoms with E-state index in [0.717, 1.165) is 0 Å². The molecule has 2 aliphatic carbocycles. The van der Waals surface area contributed by atoms with Crippen LogP contribution in [0.25, 0.3) is 53.6 Å². The fourth-order valence-corrected chi connectivity index (χ4v) is 14.8. The Morgan fingerprint density at radius 1 is 0.569 bits per heavy atom. The van der Waals surface area contributed by atoms with Crippen LogP contribution in [0.5, 0.6) is 0 Å². The van der Waals surface area contributed by atoms with E-state index in [1.54, 1.807) is 5.56 Å². The van der Waals surface area contributed by atoms with E-state index in [1.807, 2.05) is 11.3 Å². The molecule has 8 aromatic rings. The number of benzene rings is 7. The molecule has 1 aromatic heterocycles. The minimum absolute atomic E-state index is 0.0150. The van der Waals surface area contributed by atoms with Gasteiger partial charge in [-0.3, -0.25) is 0 Å². The van der Waals surface area contributed by atoms with Crippen molar-refractivity contribution in [3.8, 4) is 33.4 Å². The summed E-state index contributed by atoms with van der Waals surface area (Å²) in [6.45, 7) is 24.6. The van der Waals surface area contributed by atoms with Gasteiger partial charge in [-0.15, -0.1) is 11.3 Å². The number of hydrogen-bond donors (Lipinski definition) is 0. The Hall–Kier alpha value is -5.58. The first-order valence-corrected chi connectivity index (χ1v) is 25.1. The van der Waals surface area contributed by atoms with Crippen molar-refractivity contribution in [2.24, 2.45) is 0 Å². The Balaban J connectivity index is 1.27. The second-order valence-electron chi connectivity index (χ2n) is 23.2. The average molecular weight is 863 g/mol. The molecule has 5 aliphatic rings. The van der Waals surface area contributed by atoms with Gasteiger partial charge in [-0.25, -0.2) is 0 Å². The topological polar surface area (TPSA) is 6.48 Å². The summed E-state index contributed by atoms with van der Waals surface area (Å²) in [5.74, 6) is 0. The molecule has 0 bridgehead atoms. The third kappa shape index (κ3) is 5.02. The van der Waals surface area contributed by atoms with Crippen LogP contribution in [0.1, 0.15) is 123 Å². The maximum absolute atomic E-state index is 3.00. The molecule has 2 atom stereocenters. The fourth-order valence-electron chi connectivity index (χ4n) is 13.7. The first-order valence-electron chi connectivity index (χ1n) is 24.3. The molecule has 1 saturated carbocycles. The lowest BCUT2D eigenvalue weighted by atomic mass is 9.42. The Labute approximate surface area is 390 Å². The van der Waals surface area contributed by atoms with E-state index in [9.17, 15) is 0 Å². The smallest absolute Gasteiger partial charge is 0.333 e. The fraction of sp³-hybridized carbons (Fsp3) is 0.311. The van der Waals surface area contributed by atoms with Crippen molar-refractivity contribution in [3.63, 3.8) is 0 Å². The molecule has 4 heteroatoms. The van der Waals surface area contributed by atoms with Gasteiger partial charge in [-0.1, -0.05) is 166 Å². The van der Waals surface area contributed by atoms with Gasteiger partial charge in [0.2, 0.25) is 0 Å². The maximum atomic E-state index is 3.00. The molecular formula is C61H59BN2S. The molecule has 0 spiro atoms. The van der Waals surface area contributed by atoms with Crippen LogP contribution in [0, 0.1) is 0 Å². The van der Waals surface area contributed by atoms with Crippen LogP contribution < -0.4 is 20.6 Å². The van der Waals surface area contributed by atoms with Crippen molar-refractivity contribution in [2.45, 2.75) is 122 Å². The lowest BCUT2D eigenvalue weighted by molar-refractivity contribution is 0.194. The first-order chi connectivity index (χ1) is 31.0. The molecule has 0 saturated heterocycles. The van der Waals surface area contributed by atoms with Crippen LogP contribution in [0.3, 0.4) is 0 Å². The monoisotopic (exact) mass is 862 g/mol. The maximum Gasteiger partial charge on any atom is 0.333 e. The zero-order valence-corrected chi connectivity index (χ0v) is 40.6. The summed E-state index contributed by atoms with van der Waals surface area (Å²) in [6, 6.07) is 50.1. The number of anilines is 4. The van der Waals surface area contributed by atoms with Crippen molar-refractivity contribution in [1.29, 1.82) is 0 Å². The van der Waals surface area contributed by atoms with Gasteiger partial charge in [-0.05, 0) is 128 Å². The van der Waals surface area contributed by atoms with Crippen LogP contribution in [0.2, 0.25) is 0 Å². The van der Waals surface area contributed by atoms with Gasteiger partial charge in [0.05, 0.1) is 5.54 Å². The number of thiophene rings is 1. The zero-order valence-electron chi connectivity index (χ0n) is 39.8. The lowest BCUT2D eigenvalue weighted by Crippen LogP contribution is -2.65. The van der Waals surface area contributed by atoms with Gasteiger partial charge in [0.1, 0.15) is 0 Å². The van der Waals surface area contributed by atoms with Gasteiger partial charge >= 0.3 is 6.85 Å². The SMILES string of the molecule is CC(C)(C)c1ccc(N2B3c4cc(C(C)(C)C)cc5c4N(c4c3c(cc3c4C(C)(C)c4ccccc4-3)-c3c2ccc2sc4ccccc4c32)C2(C)CCCCC52C)c(-c2ccccc2)c1. The van der Waals surface area contributed by atoms with Crippen molar-refractivity contribution >= 4 is 72.0 Å². The van der Waals surface area contributed by atoms with E-state index in [-0.39, 0.29) is 34.0 Å². The number of fused-ring (bicyclic) bond motifs is 15. The third-order valence-electron chi connectivity index (χ3n) is 17.3. The van der Waals surface area contributed by atoms with Gasteiger partial charge in [0.25, 0.3) is 0 Å². The number of rotatable bonds is 2. The van der Waals surface area contributed by atoms with Gasteiger partial charge in [0.15, 0.2) is 0 Å². The molecule has 13 rings (SSSR count). The van der Waals surface area contributed by atoms with Gasteiger partial charge in [0, 0.05) is 64.9 Å². The molecule has 3 aliphatic heterocycles. The quantitative estimate of drug-likeness (QED) is 0.160. The van der Waals surface area contributed by atoms with Crippen LogP contribution in [0.4, 0.5) is 22.7 Å². The molecule has 0 radical (unpaired) electrons. The lowest BCUT2D eigenvalue weighted by Gasteiger charge is -2.54. The molecule has 322 valence electrons. The van der Waals surface area contributed by atoms with Gasteiger partial charge in [-0.2, -0.15) is 0 Å². The molecule has 2 unspecified atom stereocenters. The van der Waals surface area contributed by atoms with Crippen LogP contribution in [0.15, 0.2) is 127 Å². The van der Waals surface area contributed by atoms with E-state index in [4.69, 9.17) is 0 Å². The molecule has 0 N–H and O–H groups in total. The summed E-state index contributed by atoms with van der Waals surface area (Å²) in [7, 11) is 0. The minimum Gasteiger partial charge on any atom is -0.376 e. The van der Waals surface area contributed by atoms with Crippen molar-refractivity contribution in [2.75, 3.05) is 9.71 Å². The third-order valence-corrected chi connectivity index (χ3v) is 18.4. The molecule has 7 aromatic carbocycles. The largest absolute Gasteiger partial charge is 0.376 e. The van der Waals surface area contributed by atoms with Crippen molar-refractivity contribution in [3.05, 3.63) is 155 Å². The van der Waals surface area contributed by atoms with Gasteiger partial charge < -0.3 is 9.71 Å². The van der Waals surface area contributed by atoms with E-state index in [1.165, 1.54) is 135 Å². The Morgan fingerprint density at radius 3 is 2.06 bits per heavy atom. The molecule has 65 heavy (non-hydrogen) atoms. The first kappa shape index (κ1) is 39.8. The van der Waals surface area contributed by atoms with Crippen LogP contribution >= 0.6 is 11.3 Å². The summed E-state index contributed by atoms with van der Waals surface area (Å²) in [5.41, 5.74) is 23.5. The molecular weight excluding hydrogens is 804 g/mol. The molecule has 2 nitrogen and oxygen atoms in total. The average Bonchev–Trinajstić information content (AvgIpc) is 3.85. The minimum atomic E-state index is -0.205. The number of nitrogens with zero attached hydrogens (tertiary/aromatic N) is 2. The summed E-state index contributed by atoms with van der Waals surface area (Å²) in [6.07, 6.45) is 4.88. The molecule has 1 fully saturated rings. The molecule has 4 heterocycles. The van der Waals surface area contributed by atoms with Crippen molar-refractivity contribution in [1.82, 2.24) is 0 Å². The predicted octanol–water partition coefficient (Wildman–Crippen LogP) is 15.6. The number of hydrogen-bond acceptors (Lipinski definition) is 3. The highest BCUT2D eigenvalue weighted by Gasteiger charge is 2.63. The van der Waals surface area contributed by atoms with Crippen molar-refractivity contribution < 1.29 is 0 Å². The Bertz CT molecular complexity index is 3380.